The number of hydrogen-bond donors (Lipinski definition) is 0. The zero-order chi connectivity index (χ0) is 10.4. The molecular weight excluding hydrogens is 174 g/mol. The second-order valence-corrected chi connectivity index (χ2v) is 4.39. The lowest BCUT2D eigenvalue weighted by Crippen LogP contribution is -2.40. The molecule has 1 aliphatic rings. The first-order valence-electron chi connectivity index (χ1n) is 6.05. The molecule has 1 unspecified atom stereocenters. The van der Waals surface area contributed by atoms with Crippen molar-refractivity contribution in [3.05, 3.63) is 0 Å². The molecule has 1 amide bonds. The summed E-state index contributed by atoms with van der Waals surface area (Å²) in [7, 11) is 0. The number of piperidine rings is 1. The predicted octanol–water partition coefficient (Wildman–Crippen LogP) is 2.83. The SMILES string of the molecule is CCCCC1CCC(=O)N(CCC)C1. The Morgan fingerprint density at radius 2 is 2.14 bits per heavy atom. The first kappa shape index (κ1) is 11.5. The normalized spacial score (nSPS) is 22.9. The number of unbranched alkanes of at least 4 members (excludes halogenated alkanes) is 1. The summed E-state index contributed by atoms with van der Waals surface area (Å²) in [5.74, 6) is 1.15. The van der Waals surface area contributed by atoms with Crippen LogP contribution in [0.15, 0.2) is 0 Å². The molecule has 1 saturated heterocycles. The third-order valence-electron chi connectivity index (χ3n) is 3.06. The zero-order valence-corrected chi connectivity index (χ0v) is 9.59. The van der Waals surface area contributed by atoms with Crippen LogP contribution in [0.3, 0.4) is 0 Å². The third kappa shape index (κ3) is 3.32. The van der Waals surface area contributed by atoms with Crippen LogP contribution in [-0.2, 0) is 4.79 Å². The zero-order valence-electron chi connectivity index (χ0n) is 9.59. The molecule has 0 radical (unpaired) electrons. The minimum Gasteiger partial charge on any atom is -0.342 e. The Morgan fingerprint density at radius 3 is 2.79 bits per heavy atom. The second-order valence-electron chi connectivity index (χ2n) is 4.39. The van der Waals surface area contributed by atoms with Crippen LogP contribution in [0.1, 0.15) is 52.4 Å². The highest BCUT2D eigenvalue weighted by Gasteiger charge is 2.24. The van der Waals surface area contributed by atoms with Crippen LogP contribution in [0, 0.1) is 5.92 Å². The maximum atomic E-state index is 11.5. The molecule has 2 heteroatoms. The lowest BCUT2D eigenvalue weighted by atomic mass is 9.92. The molecule has 0 aromatic heterocycles. The van der Waals surface area contributed by atoms with Gasteiger partial charge in [-0.05, 0) is 25.2 Å². The van der Waals surface area contributed by atoms with Crippen molar-refractivity contribution in [2.24, 2.45) is 5.92 Å². The van der Waals surface area contributed by atoms with Gasteiger partial charge in [-0.15, -0.1) is 0 Å². The number of carbonyl (C=O) groups excluding carboxylic acids is 1. The number of amides is 1. The maximum absolute atomic E-state index is 11.5. The van der Waals surface area contributed by atoms with Gasteiger partial charge in [0.2, 0.25) is 5.91 Å². The Balaban J connectivity index is 2.32. The molecule has 0 aromatic rings. The first-order valence-corrected chi connectivity index (χ1v) is 6.05. The van der Waals surface area contributed by atoms with E-state index in [1.807, 2.05) is 0 Å². The number of carbonyl (C=O) groups is 1. The van der Waals surface area contributed by atoms with E-state index in [1.165, 1.54) is 19.3 Å². The van der Waals surface area contributed by atoms with Gasteiger partial charge in [0.15, 0.2) is 0 Å². The Hall–Kier alpha value is -0.530. The van der Waals surface area contributed by atoms with Gasteiger partial charge in [0.05, 0.1) is 0 Å². The van der Waals surface area contributed by atoms with Gasteiger partial charge in [-0.3, -0.25) is 4.79 Å². The molecule has 1 aliphatic heterocycles. The van der Waals surface area contributed by atoms with Gasteiger partial charge < -0.3 is 4.90 Å². The van der Waals surface area contributed by atoms with E-state index < -0.39 is 0 Å². The van der Waals surface area contributed by atoms with Crippen molar-refractivity contribution in [3.63, 3.8) is 0 Å². The molecular formula is C12H23NO. The van der Waals surface area contributed by atoms with Crippen molar-refractivity contribution in [3.8, 4) is 0 Å². The van der Waals surface area contributed by atoms with Crippen LogP contribution in [0.4, 0.5) is 0 Å². The maximum Gasteiger partial charge on any atom is 0.222 e. The Labute approximate surface area is 87.7 Å². The highest BCUT2D eigenvalue weighted by atomic mass is 16.2. The van der Waals surface area contributed by atoms with E-state index in [0.29, 0.717) is 5.91 Å². The van der Waals surface area contributed by atoms with Crippen molar-refractivity contribution in [1.82, 2.24) is 4.90 Å². The molecule has 0 aliphatic carbocycles. The van der Waals surface area contributed by atoms with Crippen LogP contribution in [0.25, 0.3) is 0 Å². The summed E-state index contributed by atoms with van der Waals surface area (Å²) in [6.07, 6.45) is 6.90. The third-order valence-corrected chi connectivity index (χ3v) is 3.06. The average Bonchev–Trinajstić information content (AvgIpc) is 2.19. The van der Waals surface area contributed by atoms with Gasteiger partial charge in [-0.2, -0.15) is 0 Å². The van der Waals surface area contributed by atoms with E-state index >= 15 is 0 Å². The van der Waals surface area contributed by atoms with Crippen molar-refractivity contribution in [2.75, 3.05) is 13.1 Å². The van der Waals surface area contributed by atoms with Gasteiger partial charge in [0.25, 0.3) is 0 Å². The van der Waals surface area contributed by atoms with E-state index in [9.17, 15) is 4.79 Å². The van der Waals surface area contributed by atoms with Crippen LogP contribution >= 0.6 is 0 Å². The van der Waals surface area contributed by atoms with E-state index in [1.54, 1.807) is 0 Å². The van der Waals surface area contributed by atoms with Gasteiger partial charge in [-0.25, -0.2) is 0 Å². The second kappa shape index (κ2) is 6.05. The summed E-state index contributed by atoms with van der Waals surface area (Å²) in [6.45, 7) is 6.36. The van der Waals surface area contributed by atoms with E-state index in [0.717, 1.165) is 38.3 Å². The van der Waals surface area contributed by atoms with Gasteiger partial charge in [0.1, 0.15) is 0 Å². The summed E-state index contributed by atoms with van der Waals surface area (Å²) >= 11 is 0. The largest absolute Gasteiger partial charge is 0.342 e. The van der Waals surface area contributed by atoms with E-state index in [4.69, 9.17) is 0 Å². The standard InChI is InChI=1S/C12H23NO/c1-3-5-6-11-7-8-12(14)13(10-11)9-4-2/h11H,3-10H2,1-2H3. The van der Waals surface area contributed by atoms with Crippen molar-refractivity contribution in [2.45, 2.75) is 52.4 Å². The summed E-state index contributed by atoms with van der Waals surface area (Å²) in [4.78, 5) is 13.6. The van der Waals surface area contributed by atoms with Crippen molar-refractivity contribution in [1.29, 1.82) is 0 Å². The topological polar surface area (TPSA) is 20.3 Å². The fourth-order valence-electron chi connectivity index (χ4n) is 2.20. The number of rotatable bonds is 5. The Kier molecular flexibility index (Phi) is 4.99. The van der Waals surface area contributed by atoms with Crippen molar-refractivity contribution < 1.29 is 4.79 Å². The first-order chi connectivity index (χ1) is 6.77. The molecule has 0 saturated carbocycles. The Bertz CT molecular complexity index is 179. The van der Waals surface area contributed by atoms with Gasteiger partial charge in [0, 0.05) is 19.5 Å². The van der Waals surface area contributed by atoms with Crippen LogP contribution in [0.5, 0.6) is 0 Å². The highest BCUT2D eigenvalue weighted by Crippen LogP contribution is 2.22. The van der Waals surface area contributed by atoms with Gasteiger partial charge >= 0.3 is 0 Å². The van der Waals surface area contributed by atoms with E-state index in [2.05, 4.69) is 18.7 Å². The molecule has 1 atom stereocenters. The number of hydrogen-bond acceptors (Lipinski definition) is 1. The molecule has 1 rings (SSSR count). The summed E-state index contributed by atoms with van der Waals surface area (Å²) in [5.41, 5.74) is 0. The minimum absolute atomic E-state index is 0.375. The summed E-state index contributed by atoms with van der Waals surface area (Å²) in [6, 6.07) is 0. The number of nitrogens with zero attached hydrogens (tertiary/aromatic N) is 1. The summed E-state index contributed by atoms with van der Waals surface area (Å²) < 4.78 is 0. The molecule has 14 heavy (non-hydrogen) atoms. The fourth-order valence-corrected chi connectivity index (χ4v) is 2.20. The average molecular weight is 197 g/mol. The summed E-state index contributed by atoms with van der Waals surface area (Å²) in [5, 5.41) is 0. The monoisotopic (exact) mass is 197 g/mol. The lowest BCUT2D eigenvalue weighted by molar-refractivity contribution is -0.134. The highest BCUT2D eigenvalue weighted by molar-refractivity contribution is 5.76. The smallest absolute Gasteiger partial charge is 0.222 e. The van der Waals surface area contributed by atoms with E-state index in [-0.39, 0.29) is 0 Å². The lowest BCUT2D eigenvalue weighted by Gasteiger charge is -2.32. The molecule has 1 fully saturated rings. The molecule has 0 bridgehead atoms. The molecule has 82 valence electrons. The Morgan fingerprint density at radius 1 is 1.36 bits per heavy atom. The van der Waals surface area contributed by atoms with Gasteiger partial charge in [-0.1, -0.05) is 26.7 Å². The predicted molar refractivity (Wildman–Crippen MR) is 59.1 cm³/mol. The fraction of sp³-hybridized carbons (Fsp3) is 0.917. The molecule has 0 spiro atoms. The molecule has 0 aromatic carbocycles. The van der Waals surface area contributed by atoms with Crippen LogP contribution in [0.2, 0.25) is 0 Å². The quantitative estimate of drug-likeness (QED) is 0.663. The van der Waals surface area contributed by atoms with Crippen LogP contribution in [-0.4, -0.2) is 23.9 Å². The van der Waals surface area contributed by atoms with Crippen LogP contribution < -0.4 is 0 Å². The molecule has 2 nitrogen and oxygen atoms in total. The molecule has 0 N–H and O–H groups in total. The molecule has 1 heterocycles. The number of likely N-dealkylation sites (tertiary alicyclic amines) is 1. The van der Waals surface area contributed by atoms with Crippen molar-refractivity contribution >= 4 is 5.91 Å². The minimum atomic E-state index is 0.375.